The fourth-order valence-corrected chi connectivity index (χ4v) is 1.08. The van der Waals surface area contributed by atoms with E-state index < -0.39 is 0 Å². The molecular formula is C9H8N+. The van der Waals surface area contributed by atoms with E-state index in [1.165, 1.54) is 5.70 Å². The van der Waals surface area contributed by atoms with Crippen LogP contribution in [0.4, 0.5) is 0 Å². The molecule has 48 valence electrons. The summed E-state index contributed by atoms with van der Waals surface area (Å²) in [4.78, 5) is 2.08. The molecule has 0 atom stereocenters. The molecule has 2 aliphatic heterocycles. The van der Waals surface area contributed by atoms with Crippen molar-refractivity contribution in [3.05, 3.63) is 48.4 Å². The van der Waals surface area contributed by atoms with E-state index in [9.17, 15) is 0 Å². The van der Waals surface area contributed by atoms with E-state index in [1.807, 2.05) is 12.2 Å². The van der Waals surface area contributed by atoms with E-state index >= 15 is 0 Å². The zero-order valence-corrected chi connectivity index (χ0v) is 5.62. The van der Waals surface area contributed by atoms with Crippen LogP contribution in [0.3, 0.4) is 0 Å². The third kappa shape index (κ3) is 0.772. The maximum Gasteiger partial charge on any atom is 0.152 e. The van der Waals surface area contributed by atoms with E-state index in [0.717, 1.165) is 6.54 Å². The van der Waals surface area contributed by atoms with Gasteiger partial charge in [-0.2, -0.15) is 4.90 Å². The van der Waals surface area contributed by atoms with Gasteiger partial charge in [-0.3, -0.25) is 0 Å². The van der Waals surface area contributed by atoms with Crippen LogP contribution in [0.15, 0.2) is 42.2 Å². The van der Waals surface area contributed by atoms with E-state index in [4.69, 9.17) is 0 Å². The highest BCUT2D eigenvalue weighted by molar-refractivity contribution is 5.32. The van der Waals surface area contributed by atoms with Gasteiger partial charge in [-0.05, 0) is 6.08 Å². The first-order chi connectivity index (χ1) is 4.97. The van der Waals surface area contributed by atoms with Crippen molar-refractivity contribution in [1.29, 1.82) is 0 Å². The van der Waals surface area contributed by atoms with Crippen molar-refractivity contribution in [3.8, 4) is 0 Å². The predicted molar refractivity (Wildman–Crippen MR) is 40.9 cm³/mol. The van der Waals surface area contributed by atoms with Crippen molar-refractivity contribution in [2.75, 3.05) is 6.54 Å². The van der Waals surface area contributed by atoms with E-state index in [-0.39, 0.29) is 0 Å². The second-order valence-corrected chi connectivity index (χ2v) is 2.29. The smallest absolute Gasteiger partial charge is 0.152 e. The summed E-state index contributed by atoms with van der Waals surface area (Å²) in [5, 5.41) is 0. The second-order valence-electron chi connectivity index (χ2n) is 2.29. The molecule has 2 heterocycles. The third-order valence-corrected chi connectivity index (χ3v) is 1.60. The predicted octanol–water partition coefficient (Wildman–Crippen LogP) is 1.63. The fourth-order valence-electron chi connectivity index (χ4n) is 1.08. The molecule has 1 heteroatoms. The monoisotopic (exact) mass is 130 g/mol. The highest BCUT2D eigenvalue weighted by Crippen LogP contribution is 2.14. The van der Waals surface area contributed by atoms with Crippen LogP contribution in [-0.2, 0) is 0 Å². The number of hydrogen-bond donors (Lipinski definition) is 0. The average molecular weight is 130 g/mol. The van der Waals surface area contributed by atoms with Crippen LogP contribution in [0.2, 0.25) is 0 Å². The van der Waals surface area contributed by atoms with Gasteiger partial charge in [0.2, 0.25) is 0 Å². The Balaban J connectivity index is 2.34. The maximum absolute atomic E-state index is 3.12. The number of nitrogens with zero attached hydrogens (tertiary/aromatic N) is 1. The summed E-state index contributed by atoms with van der Waals surface area (Å²) >= 11 is 0. The molecular weight excluding hydrogens is 122 g/mol. The highest BCUT2D eigenvalue weighted by atomic mass is 15.1. The minimum Gasteiger partial charge on any atom is -0.193 e. The van der Waals surface area contributed by atoms with Gasteiger partial charge < -0.3 is 0 Å². The number of allylic oxidation sites excluding steroid dienone is 5. The molecule has 0 aromatic heterocycles. The molecule has 1 nitrogen and oxygen atoms in total. The van der Waals surface area contributed by atoms with Crippen molar-refractivity contribution in [3.63, 3.8) is 0 Å². The molecule has 0 aliphatic carbocycles. The van der Waals surface area contributed by atoms with Gasteiger partial charge in [-0.25, -0.2) is 0 Å². The Morgan fingerprint density at radius 2 is 2.40 bits per heavy atom. The van der Waals surface area contributed by atoms with Gasteiger partial charge in [-0.15, -0.1) is 0 Å². The van der Waals surface area contributed by atoms with E-state index in [2.05, 4.69) is 35.4 Å². The van der Waals surface area contributed by atoms with Crippen LogP contribution in [-0.4, -0.2) is 11.4 Å². The van der Waals surface area contributed by atoms with Gasteiger partial charge in [0, 0.05) is 6.08 Å². The minimum absolute atomic E-state index is 0.951. The van der Waals surface area contributed by atoms with Gasteiger partial charge in [0.25, 0.3) is 0 Å². The third-order valence-electron chi connectivity index (χ3n) is 1.60. The lowest BCUT2D eigenvalue weighted by Crippen LogP contribution is -2.19. The summed E-state index contributed by atoms with van der Waals surface area (Å²) in [7, 11) is 0. The van der Waals surface area contributed by atoms with Crippen LogP contribution in [0.25, 0.3) is 0 Å². The molecule has 2 aliphatic rings. The Morgan fingerprint density at radius 3 is 3.30 bits per heavy atom. The van der Waals surface area contributed by atoms with Crippen molar-refractivity contribution in [2.45, 2.75) is 0 Å². The summed E-state index contributed by atoms with van der Waals surface area (Å²) in [5.41, 5.74) is 1.23. The van der Waals surface area contributed by atoms with Gasteiger partial charge in [0.1, 0.15) is 12.3 Å². The number of rotatable bonds is 0. The van der Waals surface area contributed by atoms with Crippen LogP contribution in [0.1, 0.15) is 0 Å². The first-order valence-electron chi connectivity index (χ1n) is 3.37. The van der Waals surface area contributed by atoms with Crippen LogP contribution < -0.4 is 0 Å². The molecule has 0 radical (unpaired) electrons. The Bertz CT molecular complexity index is 243. The summed E-state index contributed by atoms with van der Waals surface area (Å²) in [6.07, 6.45) is 15.4. The minimum atomic E-state index is 0.951. The molecule has 0 aromatic rings. The summed E-state index contributed by atoms with van der Waals surface area (Å²) in [6.45, 7) is 0.951. The lowest BCUT2D eigenvalue weighted by atomic mass is 10.2. The van der Waals surface area contributed by atoms with Crippen LogP contribution in [0, 0.1) is 6.20 Å². The van der Waals surface area contributed by atoms with Crippen molar-refractivity contribution in [1.82, 2.24) is 4.90 Å². The van der Waals surface area contributed by atoms with Crippen LogP contribution >= 0.6 is 0 Å². The zero-order chi connectivity index (χ0) is 6.81. The van der Waals surface area contributed by atoms with Gasteiger partial charge in [0.05, 0.1) is 18.7 Å². The summed E-state index contributed by atoms with van der Waals surface area (Å²) in [5.74, 6) is 0. The molecule has 0 unspecified atom stereocenters. The molecule has 0 amide bonds. The van der Waals surface area contributed by atoms with E-state index in [0.29, 0.717) is 0 Å². The molecule has 0 aromatic carbocycles. The lowest BCUT2D eigenvalue weighted by Gasteiger charge is -2.13. The zero-order valence-electron chi connectivity index (χ0n) is 5.62. The standard InChI is InChI=1S/C9H8N/c1-3-7-10-8-4-2-6-9(10)5-1/h1-6H,7H2/q+1. The summed E-state index contributed by atoms with van der Waals surface area (Å²) < 4.78 is 0. The topological polar surface area (TPSA) is 3.24 Å². The Kier molecular flexibility index (Phi) is 1.16. The molecule has 0 N–H and O–H groups in total. The SMILES string of the molecule is [C+]1=CC=CC2=CC=CCN12. The molecule has 0 spiro atoms. The highest BCUT2D eigenvalue weighted by Gasteiger charge is 2.15. The van der Waals surface area contributed by atoms with E-state index in [1.54, 1.807) is 0 Å². The Morgan fingerprint density at radius 1 is 1.40 bits per heavy atom. The first kappa shape index (κ1) is 5.45. The second kappa shape index (κ2) is 2.13. The first-order valence-corrected chi connectivity index (χ1v) is 3.37. The molecule has 0 saturated heterocycles. The van der Waals surface area contributed by atoms with Gasteiger partial charge >= 0.3 is 0 Å². The Labute approximate surface area is 60.6 Å². The van der Waals surface area contributed by atoms with Gasteiger partial charge in [0.15, 0.2) is 5.70 Å². The van der Waals surface area contributed by atoms with Crippen molar-refractivity contribution in [2.24, 2.45) is 0 Å². The molecule has 10 heavy (non-hydrogen) atoms. The summed E-state index contributed by atoms with van der Waals surface area (Å²) in [6, 6.07) is 0. The average Bonchev–Trinajstić information content (AvgIpc) is 2.05. The molecule has 0 fully saturated rings. The number of hydrogen-bond acceptors (Lipinski definition) is 1. The quantitative estimate of drug-likeness (QED) is 0.450. The van der Waals surface area contributed by atoms with Gasteiger partial charge in [-0.1, -0.05) is 6.08 Å². The van der Waals surface area contributed by atoms with Crippen molar-refractivity contribution >= 4 is 0 Å². The molecule has 2 rings (SSSR count). The molecule has 0 saturated carbocycles. The largest absolute Gasteiger partial charge is 0.193 e. The lowest BCUT2D eigenvalue weighted by molar-refractivity contribution is 0.501. The van der Waals surface area contributed by atoms with Crippen LogP contribution in [0.5, 0.6) is 0 Å². The maximum atomic E-state index is 3.12. The fraction of sp³-hybridized carbons (Fsp3) is 0.111. The normalized spacial score (nSPS) is 20.0. The number of fused-ring (bicyclic) bond motifs is 1. The Hall–Kier alpha value is -1.33. The molecule has 0 bridgehead atoms. The van der Waals surface area contributed by atoms with Crippen molar-refractivity contribution < 1.29 is 0 Å².